The Morgan fingerprint density at radius 2 is 1.71 bits per heavy atom. The predicted octanol–water partition coefficient (Wildman–Crippen LogP) is 3.91. The van der Waals surface area contributed by atoms with Crippen LogP contribution >= 0.6 is 0 Å². The predicted molar refractivity (Wildman–Crippen MR) is 90.7 cm³/mol. The minimum absolute atomic E-state index is 0.141. The van der Waals surface area contributed by atoms with Crippen LogP contribution in [-0.2, 0) is 0 Å². The van der Waals surface area contributed by atoms with Gasteiger partial charge in [0.2, 0.25) is 0 Å². The number of nitro groups is 1. The summed E-state index contributed by atoms with van der Waals surface area (Å²) in [7, 11) is 0. The maximum absolute atomic E-state index is 12.3. The molecule has 6 heteroatoms. The van der Waals surface area contributed by atoms with E-state index in [1.165, 1.54) is 12.1 Å². The number of aromatic nitrogens is 1. The average Bonchev–Trinajstić information content (AvgIpc) is 2.63. The van der Waals surface area contributed by atoms with E-state index in [0.717, 1.165) is 11.1 Å². The van der Waals surface area contributed by atoms with Crippen LogP contribution in [-0.4, -0.2) is 15.8 Å². The summed E-state index contributed by atoms with van der Waals surface area (Å²) in [5.74, 6) is -0.401. The van der Waals surface area contributed by atoms with Gasteiger partial charge < -0.3 is 5.32 Å². The SMILES string of the molecule is O=C(Nc1ccccc1[N+](=O)[O-])c1ccc(-c2cccnc2)cc1. The maximum atomic E-state index is 12.3. The summed E-state index contributed by atoms with van der Waals surface area (Å²) < 4.78 is 0. The number of benzene rings is 2. The fraction of sp³-hybridized carbons (Fsp3) is 0. The number of rotatable bonds is 4. The molecule has 0 saturated carbocycles. The maximum Gasteiger partial charge on any atom is 0.292 e. The number of para-hydroxylation sites is 2. The second kappa shape index (κ2) is 6.70. The molecule has 0 radical (unpaired) electrons. The van der Waals surface area contributed by atoms with Gasteiger partial charge in [-0.3, -0.25) is 19.9 Å². The smallest absolute Gasteiger partial charge is 0.292 e. The van der Waals surface area contributed by atoms with E-state index in [0.29, 0.717) is 5.56 Å². The molecule has 1 heterocycles. The number of carbonyl (C=O) groups excluding carboxylic acids is 1. The Bertz CT molecular complexity index is 878. The highest BCUT2D eigenvalue weighted by Gasteiger charge is 2.15. The Kier molecular flexibility index (Phi) is 4.29. The highest BCUT2D eigenvalue weighted by Crippen LogP contribution is 2.24. The minimum Gasteiger partial charge on any atom is -0.316 e. The Labute approximate surface area is 137 Å². The quantitative estimate of drug-likeness (QED) is 0.583. The summed E-state index contributed by atoms with van der Waals surface area (Å²) in [4.78, 5) is 26.8. The third-order valence-electron chi connectivity index (χ3n) is 3.49. The lowest BCUT2D eigenvalue weighted by Crippen LogP contribution is -2.12. The number of pyridine rings is 1. The van der Waals surface area contributed by atoms with Crippen LogP contribution < -0.4 is 5.32 Å². The molecule has 0 atom stereocenters. The van der Waals surface area contributed by atoms with E-state index in [-0.39, 0.29) is 11.4 Å². The Balaban J connectivity index is 1.80. The van der Waals surface area contributed by atoms with Gasteiger partial charge in [0.25, 0.3) is 11.6 Å². The van der Waals surface area contributed by atoms with Crippen molar-refractivity contribution in [3.8, 4) is 11.1 Å². The van der Waals surface area contributed by atoms with Crippen LogP contribution in [0.2, 0.25) is 0 Å². The van der Waals surface area contributed by atoms with E-state index in [1.54, 1.807) is 36.7 Å². The molecule has 0 saturated heterocycles. The zero-order valence-electron chi connectivity index (χ0n) is 12.5. The monoisotopic (exact) mass is 319 g/mol. The van der Waals surface area contributed by atoms with Crippen molar-refractivity contribution in [1.29, 1.82) is 0 Å². The first-order chi connectivity index (χ1) is 11.6. The van der Waals surface area contributed by atoms with Crippen LogP contribution in [0.15, 0.2) is 73.1 Å². The number of hydrogen-bond donors (Lipinski definition) is 1. The fourth-order valence-electron chi connectivity index (χ4n) is 2.28. The molecule has 1 amide bonds. The number of nitrogens with zero attached hydrogens (tertiary/aromatic N) is 2. The van der Waals surface area contributed by atoms with Crippen LogP contribution in [0.1, 0.15) is 10.4 Å². The van der Waals surface area contributed by atoms with E-state index in [4.69, 9.17) is 0 Å². The molecule has 1 N–H and O–H groups in total. The van der Waals surface area contributed by atoms with E-state index in [2.05, 4.69) is 10.3 Å². The van der Waals surface area contributed by atoms with Crippen molar-refractivity contribution in [2.75, 3.05) is 5.32 Å². The molecule has 24 heavy (non-hydrogen) atoms. The molecular formula is C18H13N3O3. The Hall–Kier alpha value is -3.54. The molecule has 6 nitrogen and oxygen atoms in total. The van der Waals surface area contributed by atoms with E-state index in [9.17, 15) is 14.9 Å². The number of nitrogens with one attached hydrogen (secondary N) is 1. The lowest BCUT2D eigenvalue weighted by Gasteiger charge is -2.07. The summed E-state index contributed by atoms with van der Waals surface area (Å²) >= 11 is 0. The second-order valence-corrected chi connectivity index (χ2v) is 5.05. The van der Waals surface area contributed by atoms with Crippen LogP contribution in [0.25, 0.3) is 11.1 Å². The van der Waals surface area contributed by atoms with Crippen LogP contribution in [0.4, 0.5) is 11.4 Å². The summed E-state index contributed by atoms with van der Waals surface area (Å²) in [5.41, 5.74) is 2.33. The number of hydrogen-bond acceptors (Lipinski definition) is 4. The van der Waals surface area contributed by atoms with Crippen LogP contribution in [0, 0.1) is 10.1 Å². The van der Waals surface area contributed by atoms with Crippen LogP contribution in [0.5, 0.6) is 0 Å². The molecule has 0 unspecified atom stereocenters. The first kappa shape index (κ1) is 15.4. The third-order valence-corrected chi connectivity index (χ3v) is 3.49. The number of anilines is 1. The highest BCUT2D eigenvalue weighted by atomic mass is 16.6. The van der Waals surface area contributed by atoms with Gasteiger partial charge in [-0.25, -0.2) is 0 Å². The topological polar surface area (TPSA) is 85.1 Å². The molecule has 0 fully saturated rings. The first-order valence-corrected chi connectivity index (χ1v) is 7.20. The molecule has 3 aromatic rings. The number of carbonyl (C=O) groups is 1. The Morgan fingerprint density at radius 1 is 0.958 bits per heavy atom. The van der Waals surface area contributed by atoms with E-state index in [1.807, 2.05) is 24.3 Å². The van der Waals surface area contributed by atoms with Gasteiger partial charge in [0, 0.05) is 24.0 Å². The lowest BCUT2D eigenvalue weighted by atomic mass is 10.1. The average molecular weight is 319 g/mol. The summed E-state index contributed by atoms with van der Waals surface area (Å²) in [6, 6.07) is 16.8. The van der Waals surface area contributed by atoms with Crippen molar-refractivity contribution in [3.63, 3.8) is 0 Å². The van der Waals surface area contributed by atoms with Crippen molar-refractivity contribution in [3.05, 3.63) is 88.7 Å². The third kappa shape index (κ3) is 3.27. The molecule has 0 aliphatic carbocycles. The molecule has 118 valence electrons. The van der Waals surface area contributed by atoms with Gasteiger partial charge in [-0.2, -0.15) is 0 Å². The molecule has 0 bridgehead atoms. The highest BCUT2D eigenvalue weighted by molar-refractivity contribution is 6.05. The zero-order valence-corrected chi connectivity index (χ0v) is 12.5. The van der Waals surface area contributed by atoms with E-state index >= 15 is 0 Å². The molecule has 1 aromatic heterocycles. The van der Waals surface area contributed by atoms with Crippen molar-refractivity contribution in [2.24, 2.45) is 0 Å². The molecule has 0 spiro atoms. The van der Waals surface area contributed by atoms with Gasteiger partial charge in [-0.1, -0.05) is 30.3 Å². The number of nitro benzene ring substituents is 1. The van der Waals surface area contributed by atoms with Gasteiger partial charge in [-0.05, 0) is 35.4 Å². The second-order valence-electron chi connectivity index (χ2n) is 5.05. The van der Waals surface area contributed by atoms with Crippen molar-refractivity contribution in [2.45, 2.75) is 0 Å². The van der Waals surface area contributed by atoms with Crippen molar-refractivity contribution < 1.29 is 9.72 Å². The first-order valence-electron chi connectivity index (χ1n) is 7.20. The van der Waals surface area contributed by atoms with Gasteiger partial charge >= 0.3 is 0 Å². The molecule has 2 aromatic carbocycles. The number of amides is 1. The zero-order chi connectivity index (χ0) is 16.9. The lowest BCUT2D eigenvalue weighted by molar-refractivity contribution is -0.383. The van der Waals surface area contributed by atoms with Gasteiger partial charge in [0.1, 0.15) is 5.69 Å². The van der Waals surface area contributed by atoms with Crippen LogP contribution in [0.3, 0.4) is 0 Å². The molecular weight excluding hydrogens is 306 g/mol. The Morgan fingerprint density at radius 3 is 2.38 bits per heavy atom. The van der Waals surface area contributed by atoms with Crippen molar-refractivity contribution >= 4 is 17.3 Å². The van der Waals surface area contributed by atoms with E-state index < -0.39 is 10.8 Å². The largest absolute Gasteiger partial charge is 0.316 e. The molecule has 3 rings (SSSR count). The minimum atomic E-state index is -0.527. The fourth-order valence-corrected chi connectivity index (χ4v) is 2.28. The van der Waals surface area contributed by atoms with Gasteiger partial charge in [0.15, 0.2) is 0 Å². The van der Waals surface area contributed by atoms with Gasteiger partial charge in [0.05, 0.1) is 4.92 Å². The normalized spacial score (nSPS) is 10.2. The molecule has 0 aliphatic rings. The standard InChI is InChI=1S/C18H13N3O3/c22-18(20-16-5-1-2-6-17(16)21(23)24)14-9-7-13(8-10-14)15-4-3-11-19-12-15/h1-12H,(H,20,22). The summed E-state index contributed by atoms with van der Waals surface area (Å²) in [6.45, 7) is 0. The molecule has 0 aliphatic heterocycles. The van der Waals surface area contributed by atoms with Gasteiger partial charge in [-0.15, -0.1) is 0 Å². The summed E-state index contributed by atoms with van der Waals surface area (Å²) in [5, 5.41) is 13.6. The van der Waals surface area contributed by atoms with Crippen molar-refractivity contribution in [1.82, 2.24) is 4.98 Å². The summed E-state index contributed by atoms with van der Waals surface area (Å²) in [6.07, 6.45) is 3.43.